The quantitative estimate of drug-likeness (QED) is 0.440. The highest BCUT2D eigenvalue weighted by Crippen LogP contribution is 2.43. The van der Waals surface area contributed by atoms with Crippen molar-refractivity contribution in [2.75, 3.05) is 28.4 Å². The van der Waals surface area contributed by atoms with Crippen LogP contribution in [0.4, 0.5) is 0 Å². The van der Waals surface area contributed by atoms with Crippen LogP contribution in [-0.2, 0) is 4.84 Å². The Morgan fingerprint density at radius 1 is 0.848 bits per heavy atom. The number of hydrogen-bond donors (Lipinski definition) is 0. The van der Waals surface area contributed by atoms with Crippen molar-refractivity contribution >= 4 is 14.0 Å². The van der Waals surface area contributed by atoms with Gasteiger partial charge in [0.15, 0.2) is 23.4 Å². The molecular formula is C25H35NO6Si. The molecule has 0 fully saturated rings. The van der Waals surface area contributed by atoms with Crippen LogP contribution in [0, 0.1) is 0 Å². The molecule has 0 radical (unpaired) electrons. The van der Waals surface area contributed by atoms with E-state index in [2.05, 4.69) is 39.0 Å². The second-order valence-electron chi connectivity index (χ2n) is 9.52. The van der Waals surface area contributed by atoms with Crippen LogP contribution < -0.4 is 23.4 Å². The minimum Gasteiger partial charge on any atom is -0.541 e. The maximum Gasteiger partial charge on any atom is 0.250 e. The summed E-state index contributed by atoms with van der Waals surface area (Å²) < 4.78 is 28.5. The highest BCUT2D eigenvalue weighted by Gasteiger charge is 2.39. The third-order valence-electron chi connectivity index (χ3n) is 6.40. The Balaban J connectivity index is 1.83. The molecule has 1 atom stereocenters. The molecule has 3 rings (SSSR count). The molecule has 0 bridgehead atoms. The lowest BCUT2D eigenvalue weighted by molar-refractivity contribution is 0.0853. The van der Waals surface area contributed by atoms with Gasteiger partial charge in [0.05, 0.1) is 34.2 Å². The smallest absolute Gasteiger partial charge is 0.250 e. The van der Waals surface area contributed by atoms with Gasteiger partial charge in [0.25, 0.3) is 8.32 Å². The Hall–Kier alpha value is -2.87. The predicted molar refractivity (Wildman–Crippen MR) is 132 cm³/mol. The van der Waals surface area contributed by atoms with Gasteiger partial charge in [-0.05, 0) is 48.5 Å². The maximum atomic E-state index is 6.47. The third kappa shape index (κ3) is 5.05. The van der Waals surface area contributed by atoms with Gasteiger partial charge in [-0.1, -0.05) is 25.9 Å². The predicted octanol–water partition coefficient (Wildman–Crippen LogP) is 5.97. The van der Waals surface area contributed by atoms with Crippen molar-refractivity contribution in [1.29, 1.82) is 0 Å². The third-order valence-corrected chi connectivity index (χ3v) is 10.7. The molecule has 0 N–H and O–H groups in total. The van der Waals surface area contributed by atoms with Crippen molar-refractivity contribution in [2.45, 2.75) is 51.4 Å². The first kappa shape index (κ1) is 24.8. The number of nitrogens with zero attached hydrogens (tertiary/aromatic N) is 1. The molecule has 1 unspecified atom stereocenters. The van der Waals surface area contributed by atoms with Crippen LogP contribution in [0.15, 0.2) is 35.5 Å². The lowest BCUT2D eigenvalue weighted by atomic mass is 9.99. The molecular weight excluding hydrogens is 438 g/mol. The van der Waals surface area contributed by atoms with Crippen LogP contribution in [0.2, 0.25) is 18.1 Å². The summed E-state index contributed by atoms with van der Waals surface area (Å²) in [6.07, 6.45) is 0.340. The molecule has 180 valence electrons. The minimum atomic E-state index is -1.99. The summed E-state index contributed by atoms with van der Waals surface area (Å²) in [6, 6.07) is 9.71. The van der Waals surface area contributed by atoms with E-state index in [1.54, 1.807) is 28.4 Å². The Morgan fingerprint density at radius 2 is 1.45 bits per heavy atom. The Labute approximate surface area is 197 Å². The highest BCUT2D eigenvalue weighted by molar-refractivity contribution is 6.74. The van der Waals surface area contributed by atoms with Gasteiger partial charge >= 0.3 is 0 Å². The zero-order chi connectivity index (χ0) is 24.4. The Bertz CT molecular complexity index is 1000. The number of benzene rings is 2. The molecule has 8 heteroatoms. The molecule has 1 aliphatic rings. The Kier molecular flexibility index (Phi) is 7.16. The summed E-state index contributed by atoms with van der Waals surface area (Å²) in [5, 5.41) is 4.44. The first-order valence-corrected chi connectivity index (χ1v) is 13.9. The molecule has 0 aromatic heterocycles. The fourth-order valence-electron chi connectivity index (χ4n) is 3.37. The maximum absolute atomic E-state index is 6.47. The van der Waals surface area contributed by atoms with Crippen molar-refractivity contribution in [3.05, 3.63) is 41.5 Å². The van der Waals surface area contributed by atoms with Gasteiger partial charge in [-0.2, -0.15) is 0 Å². The molecule has 0 amide bonds. The van der Waals surface area contributed by atoms with E-state index in [4.69, 9.17) is 28.2 Å². The van der Waals surface area contributed by atoms with Crippen LogP contribution in [-0.4, -0.2) is 42.5 Å². The van der Waals surface area contributed by atoms with Crippen LogP contribution >= 0.6 is 0 Å². The number of oxime groups is 1. The van der Waals surface area contributed by atoms with Crippen molar-refractivity contribution in [3.8, 4) is 28.7 Å². The molecule has 2 aromatic carbocycles. The van der Waals surface area contributed by atoms with Crippen LogP contribution in [0.5, 0.6) is 28.7 Å². The van der Waals surface area contributed by atoms with Crippen LogP contribution in [0.1, 0.15) is 44.4 Å². The molecule has 0 spiro atoms. The van der Waals surface area contributed by atoms with Crippen LogP contribution in [0.25, 0.3) is 0 Å². The summed E-state index contributed by atoms with van der Waals surface area (Å²) in [5.41, 5.74) is 2.67. The number of ether oxygens (including phenoxy) is 4. The summed E-state index contributed by atoms with van der Waals surface area (Å²) in [6.45, 7) is 11.1. The molecule has 0 aliphatic carbocycles. The average molecular weight is 474 g/mol. The molecule has 1 aliphatic heterocycles. The standard InChI is InChI=1S/C25H35NO6Si/c1-25(2,3)33(8,9)32-19-11-10-16(12-21(19)27-4)18-15-20(31-26-18)17-13-22(28-5)24(30-7)23(14-17)29-6/h10-14,20H,15H2,1-9H3. The van der Waals surface area contributed by atoms with Gasteiger partial charge in [0.2, 0.25) is 5.75 Å². The molecule has 33 heavy (non-hydrogen) atoms. The van der Waals surface area contributed by atoms with Crippen molar-refractivity contribution in [1.82, 2.24) is 0 Å². The zero-order valence-electron chi connectivity index (χ0n) is 21.1. The van der Waals surface area contributed by atoms with Crippen molar-refractivity contribution in [3.63, 3.8) is 0 Å². The molecule has 2 aromatic rings. The lowest BCUT2D eigenvalue weighted by Gasteiger charge is -2.36. The second kappa shape index (κ2) is 9.55. The largest absolute Gasteiger partial charge is 0.541 e. The SMILES string of the molecule is COc1cc(C2=NOC(c3cc(OC)c(OC)c(OC)c3)C2)ccc1O[Si](C)(C)C(C)(C)C. The minimum absolute atomic E-state index is 0.0910. The first-order valence-electron chi connectivity index (χ1n) is 10.9. The zero-order valence-corrected chi connectivity index (χ0v) is 22.1. The second-order valence-corrected chi connectivity index (χ2v) is 14.2. The van der Waals surface area contributed by atoms with Crippen molar-refractivity contribution < 1.29 is 28.2 Å². The molecule has 1 heterocycles. The topological polar surface area (TPSA) is 67.7 Å². The molecule has 0 saturated heterocycles. The van der Waals surface area contributed by atoms with E-state index in [0.29, 0.717) is 29.4 Å². The summed E-state index contributed by atoms with van der Waals surface area (Å²) in [4.78, 5) is 5.78. The number of hydrogen-bond acceptors (Lipinski definition) is 7. The van der Waals surface area contributed by atoms with Gasteiger partial charge < -0.3 is 28.2 Å². The van der Waals surface area contributed by atoms with E-state index in [9.17, 15) is 0 Å². The summed E-state index contributed by atoms with van der Waals surface area (Å²) in [7, 11) is 4.44. The molecule has 7 nitrogen and oxygen atoms in total. The van der Waals surface area contributed by atoms with E-state index in [0.717, 1.165) is 22.6 Å². The number of rotatable bonds is 8. The fraction of sp³-hybridized carbons (Fsp3) is 0.480. The van der Waals surface area contributed by atoms with Crippen LogP contribution in [0.3, 0.4) is 0 Å². The summed E-state index contributed by atoms with van der Waals surface area (Å²) in [5.74, 6) is 3.16. The fourth-order valence-corrected chi connectivity index (χ4v) is 4.40. The van der Waals surface area contributed by atoms with E-state index in [-0.39, 0.29) is 11.1 Å². The van der Waals surface area contributed by atoms with Gasteiger partial charge in [-0.15, -0.1) is 0 Å². The van der Waals surface area contributed by atoms with E-state index in [1.165, 1.54) is 0 Å². The van der Waals surface area contributed by atoms with Crippen molar-refractivity contribution in [2.24, 2.45) is 5.16 Å². The monoisotopic (exact) mass is 473 g/mol. The lowest BCUT2D eigenvalue weighted by Crippen LogP contribution is -2.43. The van der Waals surface area contributed by atoms with E-state index >= 15 is 0 Å². The Morgan fingerprint density at radius 3 is 1.97 bits per heavy atom. The normalized spacial score (nSPS) is 16.0. The van der Waals surface area contributed by atoms with Gasteiger partial charge in [-0.3, -0.25) is 0 Å². The summed E-state index contributed by atoms with van der Waals surface area (Å²) >= 11 is 0. The van der Waals surface area contributed by atoms with Gasteiger partial charge in [-0.25, -0.2) is 0 Å². The first-order chi connectivity index (χ1) is 15.5. The average Bonchev–Trinajstić information content (AvgIpc) is 3.27. The van der Waals surface area contributed by atoms with Gasteiger partial charge in [0.1, 0.15) is 5.75 Å². The van der Waals surface area contributed by atoms with E-state index in [1.807, 2.05) is 30.3 Å². The van der Waals surface area contributed by atoms with Gasteiger partial charge in [0, 0.05) is 17.5 Å². The number of methoxy groups -OCH3 is 4. The highest BCUT2D eigenvalue weighted by atomic mass is 28.4. The molecule has 0 saturated carbocycles. The van der Waals surface area contributed by atoms with E-state index < -0.39 is 8.32 Å².